The third-order valence-corrected chi connectivity index (χ3v) is 0.358. The highest BCUT2D eigenvalue weighted by Gasteiger charge is 1.88. The van der Waals surface area contributed by atoms with Crippen LogP contribution >= 0.6 is 0 Å². The van der Waals surface area contributed by atoms with Crippen molar-refractivity contribution in [3.8, 4) is 6.07 Å². The smallest absolute Gasteiger partial charge is 0.211 e. The van der Waals surface area contributed by atoms with Gasteiger partial charge in [0.2, 0.25) is 6.08 Å². The molecule has 1 atom stereocenters. The van der Waals surface area contributed by atoms with Gasteiger partial charge in [-0.1, -0.05) is 0 Å². The average Bonchev–Trinajstić information content (AvgIpc) is 1.68. The van der Waals surface area contributed by atoms with Crippen LogP contribution in [-0.4, -0.2) is 12.1 Å². The van der Waals surface area contributed by atoms with Crippen LogP contribution in [-0.2, 0) is 4.79 Å². The second-order valence-electron chi connectivity index (χ2n) is 0.865. The maximum Gasteiger partial charge on any atom is 0.236 e. The number of rotatable bonds is 1. The molecular formula is C4H3N2O. The molecule has 0 aromatic carbocycles. The summed E-state index contributed by atoms with van der Waals surface area (Å²) < 4.78 is 0. The molecule has 1 unspecified atom stereocenters. The lowest BCUT2D eigenvalue weighted by molar-refractivity contribution is 0.562. The van der Waals surface area contributed by atoms with Crippen LogP contribution in [0, 0.1) is 18.3 Å². The molecule has 0 spiro atoms. The SMILES string of the molecule is [CH2]C(C#N)N=C=O. The Hall–Kier alpha value is -1.13. The molecule has 0 fully saturated rings. The Kier molecular flexibility index (Phi) is 2.58. The third kappa shape index (κ3) is 2.68. The van der Waals surface area contributed by atoms with E-state index in [1.54, 1.807) is 6.07 Å². The number of hydrogen-bond acceptors (Lipinski definition) is 3. The first-order valence-electron chi connectivity index (χ1n) is 1.61. The highest BCUT2D eigenvalue weighted by Crippen LogP contribution is 1.78. The van der Waals surface area contributed by atoms with Crippen LogP contribution in [0.4, 0.5) is 0 Å². The molecule has 0 rings (SSSR count). The van der Waals surface area contributed by atoms with E-state index in [9.17, 15) is 4.79 Å². The molecule has 1 radical (unpaired) electrons. The lowest BCUT2D eigenvalue weighted by Crippen LogP contribution is -1.89. The minimum atomic E-state index is -0.794. The largest absolute Gasteiger partial charge is 0.236 e. The van der Waals surface area contributed by atoms with E-state index in [0.29, 0.717) is 0 Å². The van der Waals surface area contributed by atoms with E-state index in [1.165, 1.54) is 6.08 Å². The Morgan fingerprint density at radius 1 is 1.86 bits per heavy atom. The van der Waals surface area contributed by atoms with Crippen molar-refractivity contribution in [2.75, 3.05) is 0 Å². The highest BCUT2D eigenvalue weighted by atomic mass is 16.1. The molecule has 0 aliphatic heterocycles. The third-order valence-electron chi connectivity index (χ3n) is 0.358. The van der Waals surface area contributed by atoms with E-state index < -0.39 is 6.04 Å². The maximum absolute atomic E-state index is 9.29. The fraction of sp³-hybridized carbons (Fsp3) is 0.250. The molecule has 35 valence electrons. The van der Waals surface area contributed by atoms with Gasteiger partial charge in [-0.2, -0.15) is 10.3 Å². The van der Waals surface area contributed by atoms with Gasteiger partial charge in [-0.3, -0.25) is 0 Å². The van der Waals surface area contributed by atoms with Crippen molar-refractivity contribution in [1.82, 2.24) is 0 Å². The normalized spacial score (nSPS) is 10.9. The van der Waals surface area contributed by atoms with Gasteiger partial charge in [-0.25, -0.2) is 4.79 Å². The molecule has 0 bridgehead atoms. The van der Waals surface area contributed by atoms with E-state index in [4.69, 9.17) is 5.26 Å². The first-order chi connectivity index (χ1) is 3.31. The van der Waals surface area contributed by atoms with Crippen LogP contribution in [0.1, 0.15) is 0 Å². The molecule has 0 heterocycles. The van der Waals surface area contributed by atoms with Crippen LogP contribution in [0.15, 0.2) is 4.99 Å². The second-order valence-corrected chi connectivity index (χ2v) is 0.865. The zero-order valence-corrected chi connectivity index (χ0v) is 3.59. The van der Waals surface area contributed by atoms with Gasteiger partial charge >= 0.3 is 0 Å². The summed E-state index contributed by atoms with van der Waals surface area (Å²) in [6.07, 6.45) is 1.21. The van der Waals surface area contributed by atoms with Crippen molar-refractivity contribution in [3.63, 3.8) is 0 Å². The fourth-order valence-corrected chi connectivity index (χ4v) is 0.0925. The van der Waals surface area contributed by atoms with Crippen molar-refractivity contribution in [1.29, 1.82) is 5.26 Å². The molecule has 3 heteroatoms. The molecule has 0 amide bonds. The van der Waals surface area contributed by atoms with Crippen molar-refractivity contribution < 1.29 is 4.79 Å². The summed E-state index contributed by atoms with van der Waals surface area (Å²) in [6, 6.07) is 0.832. The van der Waals surface area contributed by atoms with Gasteiger partial charge in [0.1, 0.15) is 6.04 Å². The predicted molar refractivity (Wildman–Crippen MR) is 22.9 cm³/mol. The van der Waals surface area contributed by atoms with E-state index >= 15 is 0 Å². The molecule has 0 aromatic rings. The zero-order chi connectivity index (χ0) is 5.70. The van der Waals surface area contributed by atoms with Gasteiger partial charge in [0.15, 0.2) is 0 Å². The number of aliphatic imine (C=N–C) groups is 1. The number of nitrogens with zero attached hydrogens (tertiary/aromatic N) is 2. The summed E-state index contributed by atoms with van der Waals surface area (Å²) in [6.45, 7) is 3.16. The van der Waals surface area contributed by atoms with Crippen LogP contribution in [0.25, 0.3) is 0 Å². The molecular weight excluding hydrogens is 92.1 g/mol. The van der Waals surface area contributed by atoms with Crippen LogP contribution in [0.5, 0.6) is 0 Å². The van der Waals surface area contributed by atoms with Crippen LogP contribution in [0.3, 0.4) is 0 Å². The Labute approximate surface area is 41.3 Å². The first-order valence-corrected chi connectivity index (χ1v) is 1.61. The Morgan fingerprint density at radius 2 is 2.43 bits per heavy atom. The Morgan fingerprint density at radius 3 is 2.57 bits per heavy atom. The highest BCUT2D eigenvalue weighted by molar-refractivity contribution is 5.34. The summed E-state index contributed by atoms with van der Waals surface area (Å²) in [7, 11) is 0. The summed E-state index contributed by atoms with van der Waals surface area (Å²) in [5, 5.41) is 7.88. The van der Waals surface area contributed by atoms with Crippen molar-refractivity contribution in [2.24, 2.45) is 4.99 Å². The van der Waals surface area contributed by atoms with Gasteiger partial charge in [-0.15, -0.1) is 0 Å². The van der Waals surface area contributed by atoms with Gasteiger partial charge in [0, 0.05) is 0 Å². The monoisotopic (exact) mass is 95.0 g/mol. The summed E-state index contributed by atoms with van der Waals surface area (Å²) >= 11 is 0. The predicted octanol–water partition coefficient (Wildman–Crippen LogP) is 0.0485. The number of hydrogen-bond donors (Lipinski definition) is 0. The minimum absolute atomic E-state index is 0.794. The molecule has 0 saturated carbocycles. The topological polar surface area (TPSA) is 53.2 Å². The maximum atomic E-state index is 9.29. The number of carbonyl (C=O) groups excluding carboxylic acids is 1. The van der Waals surface area contributed by atoms with Crippen LogP contribution < -0.4 is 0 Å². The Bertz CT molecular complexity index is 129. The minimum Gasteiger partial charge on any atom is -0.211 e. The van der Waals surface area contributed by atoms with Crippen molar-refractivity contribution in [2.45, 2.75) is 6.04 Å². The lowest BCUT2D eigenvalue weighted by Gasteiger charge is -1.78. The van der Waals surface area contributed by atoms with Gasteiger partial charge < -0.3 is 0 Å². The average molecular weight is 95.1 g/mol. The fourth-order valence-electron chi connectivity index (χ4n) is 0.0925. The molecule has 0 N–H and O–H groups in total. The lowest BCUT2D eigenvalue weighted by atomic mass is 10.4. The molecule has 3 nitrogen and oxygen atoms in total. The Balaban J connectivity index is 3.64. The molecule has 0 aromatic heterocycles. The van der Waals surface area contributed by atoms with E-state index in [1.807, 2.05) is 0 Å². The molecule has 7 heavy (non-hydrogen) atoms. The first kappa shape index (κ1) is 5.87. The van der Waals surface area contributed by atoms with E-state index in [-0.39, 0.29) is 0 Å². The second kappa shape index (κ2) is 3.08. The quantitative estimate of drug-likeness (QED) is 0.341. The standard InChI is InChI=1S/C4H3N2O/c1-4(2-5)6-3-7/h4H,1H2. The van der Waals surface area contributed by atoms with Gasteiger partial charge in [0.25, 0.3) is 0 Å². The summed E-state index contributed by atoms with van der Waals surface area (Å²) in [4.78, 5) is 12.3. The molecule has 0 saturated heterocycles. The van der Waals surface area contributed by atoms with Gasteiger partial charge in [-0.05, 0) is 6.92 Å². The van der Waals surface area contributed by atoms with Crippen molar-refractivity contribution in [3.05, 3.63) is 6.92 Å². The van der Waals surface area contributed by atoms with Crippen molar-refractivity contribution >= 4 is 6.08 Å². The van der Waals surface area contributed by atoms with E-state index in [2.05, 4.69) is 11.9 Å². The summed E-state index contributed by atoms with van der Waals surface area (Å²) in [5.74, 6) is 0. The molecule has 0 aliphatic carbocycles. The number of nitriles is 1. The van der Waals surface area contributed by atoms with Gasteiger partial charge in [0.05, 0.1) is 6.07 Å². The zero-order valence-electron chi connectivity index (χ0n) is 3.59. The van der Waals surface area contributed by atoms with Crippen LogP contribution in [0.2, 0.25) is 0 Å². The summed E-state index contributed by atoms with van der Waals surface area (Å²) in [5.41, 5.74) is 0. The van der Waals surface area contributed by atoms with E-state index in [0.717, 1.165) is 0 Å². The number of isocyanates is 1. The molecule has 0 aliphatic rings.